The number of hydrogen-bond acceptors (Lipinski definition) is 2. The number of rotatable bonds is 4. The fourth-order valence-corrected chi connectivity index (χ4v) is 1.21. The Morgan fingerprint density at radius 3 is 3.00 bits per heavy atom. The quantitative estimate of drug-likeness (QED) is 0.681. The van der Waals surface area contributed by atoms with Gasteiger partial charge in [-0.15, -0.1) is 6.58 Å². The Morgan fingerprint density at radius 1 is 1.83 bits per heavy atom. The first-order chi connectivity index (χ1) is 5.77. The highest BCUT2D eigenvalue weighted by Gasteiger charge is 2.07. The van der Waals surface area contributed by atoms with E-state index in [0.29, 0.717) is 6.04 Å². The van der Waals surface area contributed by atoms with Crippen molar-refractivity contribution in [1.82, 2.24) is 15.1 Å². The molecular formula is C9H15N3. The highest BCUT2D eigenvalue weighted by Crippen LogP contribution is 2.14. The standard InChI is InChI=1S/C9H15N3/c1-4-5-9(10-2)8-6-11-12(3)7-8/h4,6-7,9-10H,1,5H2,2-3H3. The molecule has 0 saturated carbocycles. The summed E-state index contributed by atoms with van der Waals surface area (Å²) in [6.07, 6.45) is 6.74. The average Bonchev–Trinajstić information content (AvgIpc) is 2.47. The molecule has 0 aliphatic carbocycles. The number of aryl methyl sites for hydroxylation is 1. The third-order valence-corrected chi connectivity index (χ3v) is 1.88. The van der Waals surface area contributed by atoms with E-state index in [4.69, 9.17) is 0 Å². The summed E-state index contributed by atoms with van der Waals surface area (Å²) >= 11 is 0. The van der Waals surface area contributed by atoms with Crippen LogP contribution in [0.1, 0.15) is 18.0 Å². The SMILES string of the molecule is C=CCC(NC)c1cnn(C)c1. The van der Waals surface area contributed by atoms with Crippen molar-refractivity contribution in [2.75, 3.05) is 7.05 Å². The summed E-state index contributed by atoms with van der Waals surface area (Å²) in [5.41, 5.74) is 1.21. The highest BCUT2D eigenvalue weighted by atomic mass is 15.2. The molecule has 1 atom stereocenters. The Balaban J connectivity index is 2.72. The molecule has 0 amide bonds. The van der Waals surface area contributed by atoms with Crippen molar-refractivity contribution in [2.45, 2.75) is 12.5 Å². The number of nitrogens with one attached hydrogen (secondary N) is 1. The van der Waals surface area contributed by atoms with Gasteiger partial charge in [-0.3, -0.25) is 4.68 Å². The normalized spacial score (nSPS) is 12.8. The van der Waals surface area contributed by atoms with Crippen LogP contribution in [0.2, 0.25) is 0 Å². The minimum atomic E-state index is 0.344. The molecular weight excluding hydrogens is 150 g/mol. The molecule has 1 unspecified atom stereocenters. The van der Waals surface area contributed by atoms with Crippen molar-refractivity contribution in [2.24, 2.45) is 7.05 Å². The number of nitrogens with zero attached hydrogens (tertiary/aromatic N) is 2. The van der Waals surface area contributed by atoms with Gasteiger partial charge in [-0.25, -0.2) is 0 Å². The highest BCUT2D eigenvalue weighted by molar-refractivity contribution is 5.11. The summed E-state index contributed by atoms with van der Waals surface area (Å²) in [4.78, 5) is 0. The maximum absolute atomic E-state index is 4.11. The molecule has 1 aromatic rings. The molecule has 0 spiro atoms. The second-order valence-electron chi connectivity index (χ2n) is 2.81. The molecule has 3 heteroatoms. The summed E-state index contributed by atoms with van der Waals surface area (Å²) in [6.45, 7) is 3.71. The zero-order valence-corrected chi connectivity index (χ0v) is 7.62. The van der Waals surface area contributed by atoms with Crippen LogP contribution in [0.25, 0.3) is 0 Å². The average molecular weight is 165 g/mol. The zero-order chi connectivity index (χ0) is 8.97. The lowest BCUT2D eigenvalue weighted by Gasteiger charge is -2.10. The van der Waals surface area contributed by atoms with E-state index in [0.717, 1.165) is 6.42 Å². The van der Waals surface area contributed by atoms with Gasteiger partial charge in [0, 0.05) is 24.8 Å². The lowest BCUT2D eigenvalue weighted by molar-refractivity contribution is 0.603. The van der Waals surface area contributed by atoms with Gasteiger partial charge in [-0.2, -0.15) is 5.10 Å². The van der Waals surface area contributed by atoms with Gasteiger partial charge in [-0.1, -0.05) is 6.08 Å². The number of hydrogen-bond donors (Lipinski definition) is 1. The van der Waals surface area contributed by atoms with Gasteiger partial charge in [-0.05, 0) is 13.5 Å². The second kappa shape index (κ2) is 4.07. The van der Waals surface area contributed by atoms with E-state index in [-0.39, 0.29) is 0 Å². The molecule has 3 nitrogen and oxygen atoms in total. The van der Waals surface area contributed by atoms with E-state index in [1.807, 2.05) is 37.2 Å². The van der Waals surface area contributed by atoms with Crippen LogP contribution in [0.4, 0.5) is 0 Å². The Morgan fingerprint density at radius 2 is 2.58 bits per heavy atom. The molecule has 1 rings (SSSR count). The molecule has 1 aromatic heterocycles. The first-order valence-corrected chi connectivity index (χ1v) is 4.04. The first-order valence-electron chi connectivity index (χ1n) is 4.04. The van der Waals surface area contributed by atoms with E-state index < -0.39 is 0 Å². The van der Waals surface area contributed by atoms with Crippen LogP contribution in [0.3, 0.4) is 0 Å². The van der Waals surface area contributed by atoms with Crippen molar-refractivity contribution in [1.29, 1.82) is 0 Å². The van der Waals surface area contributed by atoms with Crippen LogP contribution in [0.5, 0.6) is 0 Å². The van der Waals surface area contributed by atoms with Crippen LogP contribution < -0.4 is 5.32 Å². The van der Waals surface area contributed by atoms with E-state index in [1.165, 1.54) is 5.56 Å². The van der Waals surface area contributed by atoms with Crippen LogP contribution in [-0.2, 0) is 7.05 Å². The Hall–Kier alpha value is -1.09. The Bertz CT molecular complexity index is 252. The molecule has 0 aliphatic rings. The van der Waals surface area contributed by atoms with Crippen LogP contribution in [0, 0.1) is 0 Å². The summed E-state index contributed by atoms with van der Waals surface area (Å²) in [5.74, 6) is 0. The molecule has 0 bridgehead atoms. The molecule has 1 heterocycles. The van der Waals surface area contributed by atoms with E-state index in [1.54, 1.807) is 0 Å². The predicted molar refractivity (Wildman–Crippen MR) is 49.8 cm³/mol. The van der Waals surface area contributed by atoms with Crippen LogP contribution >= 0.6 is 0 Å². The predicted octanol–water partition coefficient (Wildman–Crippen LogP) is 1.26. The third kappa shape index (κ3) is 1.95. The summed E-state index contributed by atoms with van der Waals surface area (Å²) < 4.78 is 1.81. The zero-order valence-electron chi connectivity index (χ0n) is 7.62. The smallest absolute Gasteiger partial charge is 0.0537 e. The second-order valence-corrected chi connectivity index (χ2v) is 2.81. The van der Waals surface area contributed by atoms with Gasteiger partial charge >= 0.3 is 0 Å². The molecule has 0 radical (unpaired) electrons. The summed E-state index contributed by atoms with van der Waals surface area (Å²) in [5, 5.41) is 7.32. The summed E-state index contributed by atoms with van der Waals surface area (Å²) in [6, 6.07) is 0.344. The van der Waals surface area contributed by atoms with Crippen molar-refractivity contribution in [3.63, 3.8) is 0 Å². The number of aromatic nitrogens is 2. The van der Waals surface area contributed by atoms with Gasteiger partial charge in [0.15, 0.2) is 0 Å². The Labute approximate surface area is 73.1 Å². The molecule has 12 heavy (non-hydrogen) atoms. The molecule has 0 aliphatic heterocycles. The maximum atomic E-state index is 4.11. The fourth-order valence-electron chi connectivity index (χ4n) is 1.21. The van der Waals surface area contributed by atoms with Crippen molar-refractivity contribution in [3.05, 3.63) is 30.6 Å². The molecule has 66 valence electrons. The van der Waals surface area contributed by atoms with Crippen molar-refractivity contribution < 1.29 is 0 Å². The maximum Gasteiger partial charge on any atom is 0.0537 e. The van der Waals surface area contributed by atoms with Gasteiger partial charge in [0.05, 0.1) is 6.20 Å². The molecule has 0 fully saturated rings. The first kappa shape index (κ1) is 9.00. The van der Waals surface area contributed by atoms with E-state index >= 15 is 0 Å². The van der Waals surface area contributed by atoms with Crippen LogP contribution in [0.15, 0.2) is 25.0 Å². The minimum Gasteiger partial charge on any atom is -0.313 e. The lowest BCUT2D eigenvalue weighted by Crippen LogP contribution is -2.14. The Kier molecular flexibility index (Phi) is 3.05. The van der Waals surface area contributed by atoms with Gasteiger partial charge in [0.1, 0.15) is 0 Å². The third-order valence-electron chi connectivity index (χ3n) is 1.88. The molecule has 1 N–H and O–H groups in total. The molecule has 0 saturated heterocycles. The minimum absolute atomic E-state index is 0.344. The van der Waals surface area contributed by atoms with Gasteiger partial charge in [0.25, 0.3) is 0 Å². The monoisotopic (exact) mass is 165 g/mol. The van der Waals surface area contributed by atoms with Gasteiger partial charge < -0.3 is 5.32 Å². The van der Waals surface area contributed by atoms with Gasteiger partial charge in [0.2, 0.25) is 0 Å². The van der Waals surface area contributed by atoms with Crippen molar-refractivity contribution in [3.8, 4) is 0 Å². The largest absolute Gasteiger partial charge is 0.313 e. The van der Waals surface area contributed by atoms with E-state index in [9.17, 15) is 0 Å². The topological polar surface area (TPSA) is 29.9 Å². The summed E-state index contributed by atoms with van der Waals surface area (Å²) in [7, 11) is 3.87. The molecule has 0 aromatic carbocycles. The van der Waals surface area contributed by atoms with E-state index in [2.05, 4.69) is 17.0 Å². The van der Waals surface area contributed by atoms with Crippen LogP contribution in [-0.4, -0.2) is 16.8 Å². The van der Waals surface area contributed by atoms with Crippen molar-refractivity contribution >= 4 is 0 Å². The fraction of sp³-hybridized carbons (Fsp3) is 0.444. The lowest BCUT2D eigenvalue weighted by atomic mass is 10.1.